The Morgan fingerprint density at radius 2 is 2.17 bits per heavy atom. The summed E-state index contributed by atoms with van der Waals surface area (Å²) in [7, 11) is 0. The highest BCUT2D eigenvalue weighted by Crippen LogP contribution is 2.28. The molecule has 2 aromatic carbocycles. The van der Waals surface area contributed by atoms with Crippen LogP contribution in [0.1, 0.15) is 15.9 Å². The van der Waals surface area contributed by atoms with Gasteiger partial charge in [-0.15, -0.1) is 0 Å². The minimum atomic E-state index is -0.184. The second-order valence-corrected chi connectivity index (χ2v) is 5.48. The quantitative estimate of drug-likeness (QED) is 0.685. The molecule has 1 aromatic heterocycles. The maximum absolute atomic E-state index is 12.3. The summed E-state index contributed by atoms with van der Waals surface area (Å²) in [5.41, 5.74) is 3.67. The Kier molecular flexibility index (Phi) is 3.38. The van der Waals surface area contributed by atoms with Crippen LogP contribution in [0, 0.1) is 0 Å². The number of carbonyl (C=O) groups is 2. The molecule has 0 unspecified atom stereocenters. The number of amides is 2. The molecular formula is C17H14N4O3. The molecule has 4 rings (SSSR count). The molecule has 7 heteroatoms. The second-order valence-electron chi connectivity index (χ2n) is 5.48. The number of nitrogens with one attached hydrogen (secondary N) is 3. The van der Waals surface area contributed by atoms with Gasteiger partial charge in [0.05, 0.1) is 23.0 Å². The van der Waals surface area contributed by atoms with Crippen LogP contribution in [0.3, 0.4) is 0 Å². The third-order valence-corrected chi connectivity index (χ3v) is 3.81. The van der Waals surface area contributed by atoms with E-state index in [1.165, 1.54) is 0 Å². The van der Waals surface area contributed by atoms with E-state index in [1.54, 1.807) is 30.6 Å². The summed E-state index contributed by atoms with van der Waals surface area (Å²) in [4.78, 5) is 30.8. The molecule has 120 valence electrons. The van der Waals surface area contributed by atoms with Crippen molar-refractivity contribution >= 4 is 28.5 Å². The lowest BCUT2D eigenvalue weighted by atomic mass is 10.1. The largest absolute Gasteiger partial charge is 0.482 e. The van der Waals surface area contributed by atoms with Gasteiger partial charge in [-0.3, -0.25) is 9.59 Å². The fourth-order valence-corrected chi connectivity index (χ4v) is 2.60. The molecule has 0 fully saturated rings. The van der Waals surface area contributed by atoms with E-state index in [0.717, 1.165) is 16.6 Å². The van der Waals surface area contributed by atoms with E-state index in [1.807, 2.05) is 12.1 Å². The number of aromatic amines is 1. The van der Waals surface area contributed by atoms with E-state index in [-0.39, 0.29) is 18.4 Å². The molecular weight excluding hydrogens is 308 g/mol. The van der Waals surface area contributed by atoms with E-state index in [4.69, 9.17) is 4.74 Å². The molecule has 2 amide bonds. The van der Waals surface area contributed by atoms with Crippen LogP contribution < -0.4 is 15.4 Å². The number of rotatable bonds is 3. The number of fused-ring (bicyclic) bond motifs is 2. The molecule has 0 atom stereocenters. The van der Waals surface area contributed by atoms with Crippen LogP contribution in [0.25, 0.3) is 11.0 Å². The topological polar surface area (TPSA) is 96.1 Å². The standard InChI is InChI=1S/C17H14N4O3/c22-16-8-24-15-4-1-10(5-14(15)21-16)7-18-17(23)11-2-3-12-13(6-11)20-9-19-12/h1-6,9H,7-8H2,(H,18,23)(H,19,20)(H,21,22). The number of imidazole rings is 1. The molecule has 0 aliphatic carbocycles. The smallest absolute Gasteiger partial charge is 0.262 e. The van der Waals surface area contributed by atoms with E-state index in [2.05, 4.69) is 20.6 Å². The molecule has 0 spiro atoms. The molecule has 0 radical (unpaired) electrons. The van der Waals surface area contributed by atoms with E-state index in [9.17, 15) is 9.59 Å². The second kappa shape index (κ2) is 5.69. The molecule has 7 nitrogen and oxygen atoms in total. The highest BCUT2D eigenvalue weighted by Gasteiger charge is 2.16. The highest BCUT2D eigenvalue weighted by atomic mass is 16.5. The lowest BCUT2D eigenvalue weighted by Crippen LogP contribution is -2.26. The van der Waals surface area contributed by atoms with Crippen molar-refractivity contribution in [1.29, 1.82) is 0 Å². The number of carbonyl (C=O) groups excluding carboxylic acids is 2. The van der Waals surface area contributed by atoms with Gasteiger partial charge in [0.25, 0.3) is 11.8 Å². The van der Waals surface area contributed by atoms with Gasteiger partial charge in [0, 0.05) is 12.1 Å². The van der Waals surface area contributed by atoms with Gasteiger partial charge < -0.3 is 20.4 Å². The molecule has 0 saturated heterocycles. The minimum absolute atomic E-state index is 0.0265. The number of anilines is 1. The van der Waals surface area contributed by atoms with Gasteiger partial charge in [0.15, 0.2) is 6.61 Å². The van der Waals surface area contributed by atoms with E-state index >= 15 is 0 Å². The van der Waals surface area contributed by atoms with Crippen molar-refractivity contribution in [3.63, 3.8) is 0 Å². The molecule has 0 bridgehead atoms. The number of hydrogen-bond donors (Lipinski definition) is 3. The third kappa shape index (κ3) is 2.67. The molecule has 3 aromatic rings. The van der Waals surface area contributed by atoms with Crippen LogP contribution >= 0.6 is 0 Å². The number of nitrogens with zero attached hydrogens (tertiary/aromatic N) is 1. The first kappa shape index (κ1) is 14.3. The molecule has 1 aliphatic rings. The maximum atomic E-state index is 12.3. The Balaban J connectivity index is 1.47. The summed E-state index contributed by atoms with van der Waals surface area (Å²) in [6.07, 6.45) is 1.59. The van der Waals surface area contributed by atoms with Crippen molar-refractivity contribution in [2.45, 2.75) is 6.54 Å². The Labute approximate surface area is 137 Å². The van der Waals surface area contributed by atoms with Crippen LogP contribution in [-0.4, -0.2) is 28.4 Å². The Morgan fingerprint density at radius 1 is 1.25 bits per heavy atom. The zero-order valence-electron chi connectivity index (χ0n) is 12.6. The van der Waals surface area contributed by atoms with Crippen molar-refractivity contribution in [1.82, 2.24) is 15.3 Å². The first-order valence-corrected chi connectivity index (χ1v) is 7.46. The summed E-state index contributed by atoms with van der Waals surface area (Å²) < 4.78 is 5.31. The fraction of sp³-hybridized carbons (Fsp3) is 0.118. The SMILES string of the molecule is O=C1COc2ccc(CNC(=O)c3ccc4[nH]cnc4c3)cc2N1. The van der Waals surface area contributed by atoms with Crippen molar-refractivity contribution < 1.29 is 14.3 Å². The molecule has 1 aliphatic heterocycles. The number of aromatic nitrogens is 2. The lowest BCUT2D eigenvalue weighted by Gasteiger charge is -2.18. The van der Waals surface area contributed by atoms with Gasteiger partial charge in [-0.1, -0.05) is 6.07 Å². The van der Waals surface area contributed by atoms with Crippen molar-refractivity contribution in [2.24, 2.45) is 0 Å². The normalized spacial score (nSPS) is 13.1. The number of ether oxygens (including phenoxy) is 1. The van der Waals surface area contributed by atoms with Crippen LogP contribution in [-0.2, 0) is 11.3 Å². The van der Waals surface area contributed by atoms with Gasteiger partial charge in [0.1, 0.15) is 5.75 Å². The van der Waals surface area contributed by atoms with Crippen molar-refractivity contribution in [3.05, 3.63) is 53.9 Å². The van der Waals surface area contributed by atoms with E-state index in [0.29, 0.717) is 23.5 Å². The summed E-state index contributed by atoms with van der Waals surface area (Å²) in [5, 5.41) is 5.61. The Bertz CT molecular complexity index is 948. The average Bonchev–Trinajstić information content (AvgIpc) is 3.06. The number of H-pyrrole nitrogens is 1. The van der Waals surface area contributed by atoms with Gasteiger partial charge in [-0.2, -0.15) is 0 Å². The van der Waals surface area contributed by atoms with Gasteiger partial charge >= 0.3 is 0 Å². The van der Waals surface area contributed by atoms with Crippen LogP contribution in [0.4, 0.5) is 5.69 Å². The summed E-state index contributed by atoms with van der Waals surface area (Å²) in [5.74, 6) is 0.266. The molecule has 24 heavy (non-hydrogen) atoms. The lowest BCUT2D eigenvalue weighted by molar-refractivity contribution is -0.118. The average molecular weight is 322 g/mol. The first-order valence-electron chi connectivity index (χ1n) is 7.46. The van der Waals surface area contributed by atoms with Crippen LogP contribution in [0.2, 0.25) is 0 Å². The number of hydrogen-bond acceptors (Lipinski definition) is 4. The molecule has 0 saturated carbocycles. The van der Waals surface area contributed by atoms with Gasteiger partial charge in [0.2, 0.25) is 0 Å². The Hall–Kier alpha value is -3.35. The molecule has 2 heterocycles. The first-order chi connectivity index (χ1) is 11.7. The fourth-order valence-electron chi connectivity index (χ4n) is 2.60. The highest BCUT2D eigenvalue weighted by molar-refractivity contribution is 5.97. The molecule has 3 N–H and O–H groups in total. The monoisotopic (exact) mass is 322 g/mol. The predicted octanol–water partition coefficient (Wildman–Crippen LogP) is 1.82. The minimum Gasteiger partial charge on any atom is -0.482 e. The van der Waals surface area contributed by atoms with Gasteiger partial charge in [-0.05, 0) is 35.9 Å². The number of benzene rings is 2. The third-order valence-electron chi connectivity index (χ3n) is 3.81. The Morgan fingerprint density at radius 3 is 3.08 bits per heavy atom. The summed E-state index contributed by atoms with van der Waals surface area (Å²) in [6, 6.07) is 10.7. The van der Waals surface area contributed by atoms with E-state index < -0.39 is 0 Å². The van der Waals surface area contributed by atoms with Gasteiger partial charge in [-0.25, -0.2) is 4.98 Å². The maximum Gasteiger partial charge on any atom is 0.262 e. The van der Waals surface area contributed by atoms with Crippen LogP contribution in [0.5, 0.6) is 5.75 Å². The summed E-state index contributed by atoms with van der Waals surface area (Å²) >= 11 is 0. The zero-order valence-corrected chi connectivity index (χ0v) is 12.6. The summed E-state index contributed by atoms with van der Waals surface area (Å²) in [6.45, 7) is 0.374. The van der Waals surface area contributed by atoms with Crippen molar-refractivity contribution in [3.8, 4) is 5.75 Å². The zero-order chi connectivity index (χ0) is 16.5. The predicted molar refractivity (Wildman–Crippen MR) is 87.8 cm³/mol. The van der Waals surface area contributed by atoms with Crippen molar-refractivity contribution in [2.75, 3.05) is 11.9 Å². The van der Waals surface area contributed by atoms with Crippen LogP contribution in [0.15, 0.2) is 42.7 Å².